The third-order valence-corrected chi connectivity index (χ3v) is 4.39. The smallest absolute Gasteiger partial charge is 0.251 e. The zero-order valence-electron chi connectivity index (χ0n) is 14.6. The first-order chi connectivity index (χ1) is 12.5. The minimum Gasteiger partial charge on any atom is -0.353 e. The number of anilines is 1. The van der Waals surface area contributed by atoms with E-state index in [1.165, 1.54) is 24.3 Å². The molecule has 2 heterocycles. The fourth-order valence-corrected chi connectivity index (χ4v) is 2.91. The standard InChI is InChI=1S/C19H21FN4O2/c1-14(22-18(25)15-5-7-16(20)8-6-15)19(26)24-12-10-23(11-13-24)17-4-2-3-9-21-17/h2-9,14H,10-13H2,1H3,(H,22,25)/t14-/m1/s1. The van der Waals surface area contributed by atoms with Crippen LogP contribution in [0.1, 0.15) is 17.3 Å². The molecule has 1 N–H and O–H groups in total. The van der Waals surface area contributed by atoms with E-state index in [-0.39, 0.29) is 5.91 Å². The van der Waals surface area contributed by atoms with Crippen LogP contribution in [0.15, 0.2) is 48.7 Å². The molecule has 1 aliphatic heterocycles. The van der Waals surface area contributed by atoms with Crippen molar-refractivity contribution in [3.05, 3.63) is 60.0 Å². The highest BCUT2D eigenvalue weighted by Crippen LogP contribution is 2.13. The van der Waals surface area contributed by atoms with Gasteiger partial charge in [-0.25, -0.2) is 9.37 Å². The van der Waals surface area contributed by atoms with Crippen molar-refractivity contribution in [1.29, 1.82) is 0 Å². The summed E-state index contributed by atoms with van der Waals surface area (Å²) in [5, 5.41) is 2.68. The molecule has 0 bridgehead atoms. The number of amides is 2. The van der Waals surface area contributed by atoms with Crippen LogP contribution in [0.5, 0.6) is 0 Å². The Morgan fingerprint density at radius 3 is 2.38 bits per heavy atom. The van der Waals surface area contributed by atoms with Crippen LogP contribution in [0.3, 0.4) is 0 Å². The zero-order valence-corrected chi connectivity index (χ0v) is 14.6. The van der Waals surface area contributed by atoms with Crippen LogP contribution in [0.25, 0.3) is 0 Å². The van der Waals surface area contributed by atoms with Gasteiger partial charge in [-0.2, -0.15) is 0 Å². The molecule has 1 aromatic carbocycles. The van der Waals surface area contributed by atoms with Crippen LogP contribution >= 0.6 is 0 Å². The Balaban J connectivity index is 1.53. The second kappa shape index (κ2) is 7.95. The van der Waals surface area contributed by atoms with Gasteiger partial charge in [-0.15, -0.1) is 0 Å². The minimum absolute atomic E-state index is 0.124. The number of nitrogens with one attached hydrogen (secondary N) is 1. The molecule has 3 rings (SSSR count). The van der Waals surface area contributed by atoms with Crippen molar-refractivity contribution in [1.82, 2.24) is 15.2 Å². The summed E-state index contributed by atoms with van der Waals surface area (Å²) in [5.74, 6) is -0.0205. The van der Waals surface area contributed by atoms with Crippen molar-refractivity contribution < 1.29 is 14.0 Å². The number of pyridine rings is 1. The maximum Gasteiger partial charge on any atom is 0.251 e. The third kappa shape index (κ3) is 4.17. The highest BCUT2D eigenvalue weighted by atomic mass is 19.1. The highest BCUT2D eigenvalue weighted by molar-refractivity contribution is 5.97. The number of carbonyl (C=O) groups is 2. The summed E-state index contributed by atoms with van der Waals surface area (Å²) in [6, 6.07) is 10.3. The molecule has 0 radical (unpaired) electrons. The van der Waals surface area contributed by atoms with E-state index in [1.807, 2.05) is 18.2 Å². The predicted molar refractivity (Wildman–Crippen MR) is 96.4 cm³/mol. The number of hydrogen-bond acceptors (Lipinski definition) is 4. The summed E-state index contributed by atoms with van der Waals surface area (Å²) < 4.78 is 12.9. The molecular weight excluding hydrogens is 335 g/mol. The normalized spacial score (nSPS) is 15.5. The minimum atomic E-state index is -0.644. The number of benzene rings is 1. The molecular formula is C19H21FN4O2. The van der Waals surface area contributed by atoms with Gasteiger partial charge in [0, 0.05) is 37.9 Å². The summed E-state index contributed by atoms with van der Waals surface area (Å²) in [4.78, 5) is 33.0. The first-order valence-corrected chi connectivity index (χ1v) is 8.56. The van der Waals surface area contributed by atoms with Gasteiger partial charge in [-0.1, -0.05) is 6.07 Å². The molecule has 1 atom stereocenters. The van der Waals surface area contributed by atoms with Crippen molar-refractivity contribution in [2.75, 3.05) is 31.1 Å². The van der Waals surface area contributed by atoms with E-state index >= 15 is 0 Å². The van der Waals surface area contributed by atoms with Gasteiger partial charge < -0.3 is 15.1 Å². The molecule has 1 fully saturated rings. The van der Waals surface area contributed by atoms with Crippen molar-refractivity contribution in [2.24, 2.45) is 0 Å². The molecule has 136 valence electrons. The van der Waals surface area contributed by atoms with E-state index in [4.69, 9.17) is 0 Å². The molecule has 2 aromatic rings. The van der Waals surface area contributed by atoms with E-state index in [0.717, 1.165) is 5.82 Å². The average Bonchev–Trinajstić information content (AvgIpc) is 2.68. The SMILES string of the molecule is C[C@@H](NC(=O)c1ccc(F)cc1)C(=O)N1CCN(c2ccccn2)CC1. The third-order valence-electron chi connectivity index (χ3n) is 4.39. The fourth-order valence-electron chi connectivity index (χ4n) is 2.91. The number of rotatable bonds is 4. The Morgan fingerprint density at radius 2 is 1.77 bits per heavy atom. The van der Waals surface area contributed by atoms with Crippen molar-refractivity contribution in [3.8, 4) is 0 Å². The van der Waals surface area contributed by atoms with E-state index in [0.29, 0.717) is 31.7 Å². The number of carbonyl (C=O) groups excluding carboxylic acids is 2. The van der Waals surface area contributed by atoms with Crippen LogP contribution in [0.2, 0.25) is 0 Å². The van der Waals surface area contributed by atoms with Gasteiger partial charge in [0.2, 0.25) is 5.91 Å². The lowest BCUT2D eigenvalue weighted by atomic mass is 10.2. The second-order valence-electron chi connectivity index (χ2n) is 6.20. The predicted octanol–water partition coefficient (Wildman–Crippen LogP) is 1.69. The lowest BCUT2D eigenvalue weighted by molar-refractivity contribution is -0.133. The Bertz CT molecular complexity index is 759. The molecule has 26 heavy (non-hydrogen) atoms. The first kappa shape index (κ1) is 17.8. The average molecular weight is 356 g/mol. The largest absolute Gasteiger partial charge is 0.353 e. The molecule has 0 saturated carbocycles. The maximum atomic E-state index is 12.9. The number of piperazine rings is 1. The quantitative estimate of drug-likeness (QED) is 0.905. The van der Waals surface area contributed by atoms with Gasteiger partial charge >= 0.3 is 0 Å². The van der Waals surface area contributed by atoms with Gasteiger partial charge in [0.05, 0.1) is 0 Å². The van der Waals surface area contributed by atoms with Crippen LogP contribution < -0.4 is 10.2 Å². The van der Waals surface area contributed by atoms with Crippen molar-refractivity contribution >= 4 is 17.6 Å². The van der Waals surface area contributed by atoms with E-state index < -0.39 is 17.8 Å². The topological polar surface area (TPSA) is 65.5 Å². The van der Waals surface area contributed by atoms with Crippen molar-refractivity contribution in [2.45, 2.75) is 13.0 Å². The van der Waals surface area contributed by atoms with E-state index in [2.05, 4.69) is 15.2 Å². The maximum absolute atomic E-state index is 12.9. The van der Waals surface area contributed by atoms with Gasteiger partial charge in [-0.3, -0.25) is 9.59 Å². The molecule has 0 unspecified atom stereocenters. The lowest BCUT2D eigenvalue weighted by Crippen LogP contribution is -2.54. The summed E-state index contributed by atoms with van der Waals surface area (Å²) in [6.07, 6.45) is 1.75. The molecule has 0 aliphatic carbocycles. The zero-order chi connectivity index (χ0) is 18.5. The van der Waals surface area contributed by atoms with Crippen LogP contribution in [0, 0.1) is 5.82 Å². The number of hydrogen-bond donors (Lipinski definition) is 1. The molecule has 6 nitrogen and oxygen atoms in total. The van der Waals surface area contributed by atoms with Gasteiger partial charge in [0.15, 0.2) is 0 Å². The van der Waals surface area contributed by atoms with Gasteiger partial charge in [-0.05, 0) is 43.3 Å². The summed E-state index contributed by atoms with van der Waals surface area (Å²) >= 11 is 0. The number of aromatic nitrogens is 1. The summed E-state index contributed by atoms with van der Waals surface area (Å²) in [5.41, 5.74) is 0.325. The Morgan fingerprint density at radius 1 is 1.08 bits per heavy atom. The molecule has 1 saturated heterocycles. The Kier molecular flexibility index (Phi) is 5.46. The van der Waals surface area contributed by atoms with Crippen LogP contribution in [-0.2, 0) is 4.79 Å². The Labute approximate surface area is 151 Å². The monoisotopic (exact) mass is 356 g/mol. The second-order valence-corrected chi connectivity index (χ2v) is 6.20. The molecule has 2 amide bonds. The fraction of sp³-hybridized carbons (Fsp3) is 0.316. The molecule has 1 aromatic heterocycles. The summed E-state index contributed by atoms with van der Waals surface area (Å²) in [6.45, 7) is 4.20. The number of halogens is 1. The highest BCUT2D eigenvalue weighted by Gasteiger charge is 2.26. The van der Waals surface area contributed by atoms with E-state index in [1.54, 1.807) is 18.0 Å². The van der Waals surface area contributed by atoms with Crippen LogP contribution in [-0.4, -0.2) is 53.9 Å². The Hall–Kier alpha value is -2.96. The molecule has 1 aliphatic rings. The van der Waals surface area contributed by atoms with Gasteiger partial charge in [0.25, 0.3) is 5.91 Å². The van der Waals surface area contributed by atoms with Crippen molar-refractivity contribution in [3.63, 3.8) is 0 Å². The van der Waals surface area contributed by atoms with E-state index in [9.17, 15) is 14.0 Å². The molecule has 7 heteroatoms. The molecule has 0 spiro atoms. The van der Waals surface area contributed by atoms with Gasteiger partial charge in [0.1, 0.15) is 17.7 Å². The lowest BCUT2D eigenvalue weighted by Gasteiger charge is -2.36. The summed E-state index contributed by atoms with van der Waals surface area (Å²) in [7, 11) is 0. The number of nitrogens with zero attached hydrogens (tertiary/aromatic N) is 3. The van der Waals surface area contributed by atoms with Crippen LogP contribution in [0.4, 0.5) is 10.2 Å². The first-order valence-electron chi connectivity index (χ1n) is 8.56.